The first-order valence-corrected chi connectivity index (χ1v) is 7.81. The van der Waals surface area contributed by atoms with Gasteiger partial charge in [0.25, 0.3) is 0 Å². The topological polar surface area (TPSA) is 55.1 Å². The molecule has 0 bridgehead atoms. The molecule has 1 aliphatic carbocycles. The Morgan fingerprint density at radius 1 is 1.25 bits per heavy atom. The minimum atomic E-state index is 0.160. The van der Waals surface area contributed by atoms with E-state index >= 15 is 0 Å². The number of hydrogen-bond donors (Lipinski definition) is 2. The van der Waals surface area contributed by atoms with Crippen LogP contribution in [0.15, 0.2) is 24.3 Å². The maximum absolute atomic E-state index is 12.0. The van der Waals surface area contributed by atoms with Crippen molar-refractivity contribution in [3.63, 3.8) is 0 Å². The van der Waals surface area contributed by atoms with Crippen molar-refractivity contribution in [1.82, 2.24) is 5.32 Å². The summed E-state index contributed by atoms with van der Waals surface area (Å²) in [5, 5.41) is 3.17. The van der Waals surface area contributed by atoms with Crippen LogP contribution < -0.4 is 11.1 Å². The molecule has 1 aromatic carbocycles. The van der Waals surface area contributed by atoms with Gasteiger partial charge >= 0.3 is 0 Å². The predicted octanol–water partition coefficient (Wildman–Crippen LogP) is 3.29. The lowest BCUT2D eigenvalue weighted by molar-refractivity contribution is -0.122. The number of benzene rings is 1. The van der Waals surface area contributed by atoms with E-state index in [1.807, 2.05) is 24.3 Å². The van der Waals surface area contributed by atoms with Crippen LogP contribution in [0.1, 0.15) is 51.0 Å². The number of rotatable bonds is 5. The smallest absolute Gasteiger partial charge is 0.220 e. The molecule has 1 aliphatic rings. The van der Waals surface area contributed by atoms with Gasteiger partial charge in [0, 0.05) is 18.2 Å². The SMILES string of the molecule is CCC1CCC(NC(=O)CCc2ccccc2N)CC1. The van der Waals surface area contributed by atoms with Crippen molar-refractivity contribution in [2.45, 2.75) is 57.9 Å². The molecular formula is C17H26N2O. The van der Waals surface area contributed by atoms with Crippen molar-refractivity contribution in [1.29, 1.82) is 0 Å². The second kappa shape index (κ2) is 7.32. The third kappa shape index (κ3) is 4.26. The van der Waals surface area contributed by atoms with Gasteiger partial charge in [-0.15, -0.1) is 0 Å². The van der Waals surface area contributed by atoms with Gasteiger partial charge in [0.05, 0.1) is 0 Å². The first-order chi connectivity index (χ1) is 9.69. The zero-order chi connectivity index (χ0) is 14.4. The molecule has 1 saturated carbocycles. The summed E-state index contributed by atoms with van der Waals surface area (Å²) < 4.78 is 0. The number of nitrogens with one attached hydrogen (secondary N) is 1. The Balaban J connectivity index is 1.72. The normalized spacial score (nSPS) is 22.4. The number of amides is 1. The Kier molecular flexibility index (Phi) is 5.45. The summed E-state index contributed by atoms with van der Waals surface area (Å²) in [7, 11) is 0. The monoisotopic (exact) mass is 274 g/mol. The second-order valence-corrected chi connectivity index (χ2v) is 5.89. The van der Waals surface area contributed by atoms with Crippen LogP contribution in [0.3, 0.4) is 0 Å². The Morgan fingerprint density at radius 3 is 2.60 bits per heavy atom. The Morgan fingerprint density at radius 2 is 1.95 bits per heavy atom. The molecule has 0 unspecified atom stereocenters. The molecule has 3 heteroatoms. The Bertz CT molecular complexity index is 436. The van der Waals surface area contributed by atoms with Crippen molar-refractivity contribution in [2.24, 2.45) is 5.92 Å². The van der Waals surface area contributed by atoms with Gasteiger partial charge in [0.2, 0.25) is 5.91 Å². The van der Waals surface area contributed by atoms with Gasteiger partial charge in [-0.25, -0.2) is 0 Å². The molecule has 0 atom stereocenters. The highest BCUT2D eigenvalue weighted by atomic mass is 16.1. The molecule has 20 heavy (non-hydrogen) atoms. The molecule has 3 N–H and O–H groups in total. The maximum atomic E-state index is 12.0. The van der Waals surface area contributed by atoms with Gasteiger partial charge < -0.3 is 11.1 Å². The lowest BCUT2D eigenvalue weighted by Crippen LogP contribution is -2.37. The van der Waals surface area contributed by atoms with Crippen LogP contribution in [-0.2, 0) is 11.2 Å². The summed E-state index contributed by atoms with van der Waals surface area (Å²) in [5.41, 5.74) is 7.74. The molecular weight excluding hydrogens is 248 g/mol. The first kappa shape index (κ1) is 14.9. The molecule has 1 aromatic rings. The van der Waals surface area contributed by atoms with E-state index in [-0.39, 0.29) is 5.91 Å². The van der Waals surface area contributed by atoms with E-state index in [0.29, 0.717) is 12.5 Å². The molecule has 0 aromatic heterocycles. The zero-order valence-corrected chi connectivity index (χ0v) is 12.4. The van der Waals surface area contributed by atoms with Crippen LogP contribution in [0.25, 0.3) is 0 Å². The van der Waals surface area contributed by atoms with E-state index in [9.17, 15) is 4.79 Å². The van der Waals surface area contributed by atoms with Crippen LogP contribution in [0.4, 0.5) is 5.69 Å². The maximum Gasteiger partial charge on any atom is 0.220 e. The highest BCUT2D eigenvalue weighted by molar-refractivity contribution is 5.76. The van der Waals surface area contributed by atoms with E-state index in [1.54, 1.807) is 0 Å². The average Bonchev–Trinajstić information content (AvgIpc) is 2.47. The molecule has 2 rings (SSSR count). The molecule has 0 radical (unpaired) electrons. The van der Waals surface area contributed by atoms with Gasteiger partial charge in [-0.2, -0.15) is 0 Å². The summed E-state index contributed by atoms with van der Waals surface area (Å²) >= 11 is 0. The molecule has 110 valence electrons. The largest absolute Gasteiger partial charge is 0.399 e. The predicted molar refractivity (Wildman–Crippen MR) is 83.4 cm³/mol. The molecule has 0 heterocycles. The van der Waals surface area contributed by atoms with Gasteiger partial charge in [-0.3, -0.25) is 4.79 Å². The third-order valence-corrected chi connectivity index (χ3v) is 4.47. The minimum Gasteiger partial charge on any atom is -0.399 e. The number of carbonyl (C=O) groups is 1. The highest BCUT2D eigenvalue weighted by Gasteiger charge is 2.21. The van der Waals surface area contributed by atoms with Gasteiger partial charge in [0.15, 0.2) is 0 Å². The number of nitrogens with two attached hydrogens (primary N) is 1. The summed E-state index contributed by atoms with van der Waals surface area (Å²) in [4.78, 5) is 12.0. The third-order valence-electron chi connectivity index (χ3n) is 4.47. The molecule has 0 spiro atoms. The van der Waals surface area contributed by atoms with Crippen LogP contribution in [0.5, 0.6) is 0 Å². The van der Waals surface area contributed by atoms with Crippen LogP contribution >= 0.6 is 0 Å². The number of nitrogen functional groups attached to an aromatic ring is 1. The van der Waals surface area contributed by atoms with Gasteiger partial charge in [0.1, 0.15) is 0 Å². The van der Waals surface area contributed by atoms with Crippen LogP contribution in [0.2, 0.25) is 0 Å². The zero-order valence-electron chi connectivity index (χ0n) is 12.4. The number of para-hydroxylation sites is 1. The molecule has 1 fully saturated rings. The molecule has 1 amide bonds. The fourth-order valence-electron chi connectivity index (χ4n) is 3.02. The fourth-order valence-corrected chi connectivity index (χ4v) is 3.02. The van der Waals surface area contributed by atoms with Crippen molar-refractivity contribution in [3.05, 3.63) is 29.8 Å². The Labute approximate surface area is 121 Å². The van der Waals surface area contributed by atoms with E-state index in [0.717, 1.165) is 36.4 Å². The first-order valence-electron chi connectivity index (χ1n) is 7.81. The highest BCUT2D eigenvalue weighted by Crippen LogP contribution is 2.26. The average molecular weight is 274 g/mol. The van der Waals surface area contributed by atoms with Crippen molar-refractivity contribution in [3.8, 4) is 0 Å². The van der Waals surface area contributed by atoms with Crippen LogP contribution in [-0.4, -0.2) is 11.9 Å². The van der Waals surface area contributed by atoms with Gasteiger partial charge in [-0.1, -0.05) is 31.5 Å². The lowest BCUT2D eigenvalue weighted by atomic mass is 9.84. The summed E-state index contributed by atoms with van der Waals surface area (Å²) in [6.45, 7) is 2.26. The quantitative estimate of drug-likeness (QED) is 0.810. The summed E-state index contributed by atoms with van der Waals surface area (Å²) in [6.07, 6.45) is 7.31. The van der Waals surface area contributed by atoms with E-state index in [4.69, 9.17) is 5.73 Å². The van der Waals surface area contributed by atoms with Gasteiger partial charge in [-0.05, 0) is 49.7 Å². The molecule has 0 aliphatic heterocycles. The van der Waals surface area contributed by atoms with Crippen molar-refractivity contribution >= 4 is 11.6 Å². The number of hydrogen-bond acceptors (Lipinski definition) is 2. The van der Waals surface area contributed by atoms with Crippen molar-refractivity contribution in [2.75, 3.05) is 5.73 Å². The lowest BCUT2D eigenvalue weighted by Gasteiger charge is -2.28. The van der Waals surface area contributed by atoms with Crippen molar-refractivity contribution < 1.29 is 4.79 Å². The molecule has 0 saturated heterocycles. The Hall–Kier alpha value is -1.51. The van der Waals surface area contributed by atoms with E-state index in [1.165, 1.54) is 19.3 Å². The number of aryl methyl sites for hydroxylation is 1. The van der Waals surface area contributed by atoms with E-state index < -0.39 is 0 Å². The fraction of sp³-hybridized carbons (Fsp3) is 0.588. The number of anilines is 1. The van der Waals surface area contributed by atoms with E-state index in [2.05, 4.69) is 12.2 Å². The summed E-state index contributed by atoms with van der Waals surface area (Å²) in [5.74, 6) is 1.03. The summed E-state index contributed by atoms with van der Waals surface area (Å²) in [6, 6.07) is 8.16. The standard InChI is InChI=1S/C17H26N2O/c1-2-13-7-10-15(11-8-13)19-17(20)12-9-14-5-3-4-6-16(14)18/h3-6,13,15H,2,7-12,18H2,1H3,(H,19,20). The minimum absolute atomic E-state index is 0.160. The van der Waals surface area contributed by atoms with Crippen LogP contribution in [0, 0.1) is 5.92 Å². The second-order valence-electron chi connectivity index (χ2n) is 5.89. The molecule has 3 nitrogen and oxygen atoms in total. The number of carbonyl (C=O) groups excluding carboxylic acids is 1.